The molecule has 1 fully saturated rings. The van der Waals surface area contributed by atoms with Crippen molar-refractivity contribution in [2.45, 2.75) is 13.0 Å². The molecule has 3 heterocycles. The first-order valence-corrected chi connectivity index (χ1v) is 10.2. The number of nitrogens with zero attached hydrogens (tertiary/aromatic N) is 3. The van der Waals surface area contributed by atoms with E-state index in [2.05, 4.69) is 10.3 Å². The summed E-state index contributed by atoms with van der Waals surface area (Å²) in [6, 6.07) is 8.61. The fourth-order valence-electron chi connectivity index (χ4n) is 3.18. The van der Waals surface area contributed by atoms with Gasteiger partial charge in [-0.3, -0.25) is 19.0 Å². The number of hydrogen-bond donors (Lipinski definition) is 1. The first-order chi connectivity index (χ1) is 14.1. The van der Waals surface area contributed by atoms with Gasteiger partial charge in [0.1, 0.15) is 4.83 Å². The van der Waals surface area contributed by atoms with Crippen LogP contribution in [-0.4, -0.2) is 52.6 Å². The Morgan fingerprint density at radius 2 is 2.03 bits per heavy atom. The van der Waals surface area contributed by atoms with Crippen molar-refractivity contribution < 1.29 is 14.3 Å². The van der Waals surface area contributed by atoms with Crippen molar-refractivity contribution in [3.63, 3.8) is 0 Å². The van der Waals surface area contributed by atoms with Gasteiger partial charge < -0.3 is 15.0 Å². The van der Waals surface area contributed by atoms with Crippen molar-refractivity contribution in [1.29, 1.82) is 0 Å². The summed E-state index contributed by atoms with van der Waals surface area (Å²) in [4.78, 5) is 44.0. The third-order valence-electron chi connectivity index (χ3n) is 4.72. The molecule has 1 aromatic carbocycles. The van der Waals surface area contributed by atoms with Gasteiger partial charge in [0, 0.05) is 37.3 Å². The predicted octanol–water partition coefficient (Wildman–Crippen LogP) is 1.96. The number of fused-ring (bicyclic) bond motifs is 1. The zero-order valence-corrected chi connectivity index (χ0v) is 16.5. The Labute approximate surface area is 170 Å². The Balaban J connectivity index is 1.38. The number of rotatable bonds is 5. The van der Waals surface area contributed by atoms with E-state index in [4.69, 9.17) is 4.74 Å². The van der Waals surface area contributed by atoms with Crippen LogP contribution in [0.4, 0.5) is 5.69 Å². The number of thiophene rings is 1. The van der Waals surface area contributed by atoms with Gasteiger partial charge in [0.2, 0.25) is 5.91 Å². The van der Waals surface area contributed by atoms with E-state index >= 15 is 0 Å². The Hall–Kier alpha value is -3.04. The molecule has 1 aliphatic heterocycles. The van der Waals surface area contributed by atoms with Crippen LogP contribution in [-0.2, 0) is 16.1 Å². The third kappa shape index (κ3) is 4.36. The number of benzene rings is 1. The van der Waals surface area contributed by atoms with Gasteiger partial charge in [-0.25, -0.2) is 4.98 Å². The van der Waals surface area contributed by atoms with E-state index in [1.807, 2.05) is 5.38 Å². The molecule has 0 unspecified atom stereocenters. The van der Waals surface area contributed by atoms with Crippen LogP contribution < -0.4 is 10.9 Å². The second-order valence-electron chi connectivity index (χ2n) is 6.67. The van der Waals surface area contributed by atoms with Crippen molar-refractivity contribution >= 4 is 39.1 Å². The largest absolute Gasteiger partial charge is 0.378 e. The highest BCUT2D eigenvalue weighted by Gasteiger charge is 2.18. The molecule has 4 rings (SSSR count). The van der Waals surface area contributed by atoms with Crippen LogP contribution in [0.1, 0.15) is 16.8 Å². The average molecular weight is 412 g/mol. The SMILES string of the molecule is O=C(CCn1cnc2sccc2c1=O)Nc1cccc(C(=O)N2CCOCC2)c1. The number of aromatic nitrogens is 2. The highest BCUT2D eigenvalue weighted by molar-refractivity contribution is 7.16. The first-order valence-electron chi connectivity index (χ1n) is 9.31. The maximum atomic E-state index is 12.6. The average Bonchev–Trinajstić information content (AvgIpc) is 3.23. The minimum atomic E-state index is -0.238. The smallest absolute Gasteiger partial charge is 0.262 e. The summed E-state index contributed by atoms with van der Waals surface area (Å²) < 4.78 is 6.71. The maximum Gasteiger partial charge on any atom is 0.262 e. The molecule has 1 N–H and O–H groups in total. The second kappa shape index (κ2) is 8.54. The van der Waals surface area contributed by atoms with Gasteiger partial charge in [-0.1, -0.05) is 6.07 Å². The minimum absolute atomic E-state index is 0.0777. The lowest BCUT2D eigenvalue weighted by Crippen LogP contribution is -2.40. The number of carbonyl (C=O) groups is 2. The van der Waals surface area contributed by atoms with Crippen molar-refractivity contribution in [2.24, 2.45) is 0 Å². The number of hydrogen-bond acceptors (Lipinski definition) is 6. The zero-order chi connectivity index (χ0) is 20.2. The van der Waals surface area contributed by atoms with Crippen LogP contribution in [0.3, 0.4) is 0 Å². The van der Waals surface area contributed by atoms with Crippen LogP contribution in [0, 0.1) is 0 Å². The summed E-state index contributed by atoms with van der Waals surface area (Å²) in [6.07, 6.45) is 1.59. The number of ether oxygens (including phenoxy) is 1. The lowest BCUT2D eigenvalue weighted by molar-refractivity contribution is -0.116. The van der Waals surface area contributed by atoms with Gasteiger partial charge in [-0.15, -0.1) is 11.3 Å². The molecule has 0 spiro atoms. The van der Waals surface area contributed by atoms with Crippen LogP contribution in [0.5, 0.6) is 0 Å². The number of carbonyl (C=O) groups excluding carboxylic acids is 2. The van der Waals surface area contributed by atoms with E-state index < -0.39 is 0 Å². The fraction of sp³-hybridized carbons (Fsp3) is 0.300. The monoisotopic (exact) mass is 412 g/mol. The maximum absolute atomic E-state index is 12.6. The zero-order valence-electron chi connectivity index (χ0n) is 15.7. The molecular formula is C20H20N4O4S. The topological polar surface area (TPSA) is 93.5 Å². The first kappa shape index (κ1) is 19.3. The van der Waals surface area contributed by atoms with Crippen LogP contribution in [0.25, 0.3) is 10.2 Å². The molecule has 150 valence electrons. The molecule has 1 saturated heterocycles. The molecule has 0 bridgehead atoms. The summed E-state index contributed by atoms with van der Waals surface area (Å²) in [6.45, 7) is 2.43. The molecule has 2 amide bonds. The number of anilines is 1. The Morgan fingerprint density at radius 1 is 1.21 bits per heavy atom. The molecule has 2 aromatic heterocycles. The van der Waals surface area contributed by atoms with Gasteiger partial charge in [0.05, 0.1) is 24.9 Å². The third-order valence-corrected chi connectivity index (χ3v) is 5.54. The Kier molecular flexibility index (Phi) is 5.68. The fourth-order valence-corrected chi connectivity index (χ4v) is 3.90. The molecule has 8 nitrogen and oxygen atoms in total. The van der Waals surface area contributed by atoms with Crippen LogP contribution >= 0.6 is 11.3 Å². The van der Waals surface area contributed by atoms with E-state index in [1.165, 1.54) is 22.2 Å². The van der Waals surface area contributed by atoms with E-state index in [0.29, 0.717) is 47.8 Å². The number of amides is 2. The molecule has 0 aliphatic carbocycles. The van der Waals surface area contributed by atoms with Crippen molar-refractivity contribution in [2.75, 3.05) is 31.6 Å². The van der Waals surface area contributed by atoms with Gasteiger partial charge in [-0.2, -0.15) is 0 Å². The van der Waals surface area contributed by atoms with Crippen LogP contribution in [0.2, 0.25) is 0 Å². The van der Waals surface area contributed by atoms with Gasteiger partial charge in [0.15, 0.2) is 0 Å². The van der Waals surface area contributed by atoms with Gasteiger partial charge in [-0.05, 0) is 29.6 Å². The number of morpholine rings is 1. The molecular weight excluding hydrogens is 392 g/mol. The Morgan fingerprint density at radius 3 is 2.86 bits per heavy atom. The van der Waals surface area contributed by atoms with Gasteiger partial charge in [0.25, 0.3) is 11.5 Å². The van der Waals surface area contributed by atoms with Gasteiger partial charge >= 0.3 is 0 Å². The number of aryl methyl sites for hydroxylation is 1. The normalized spacial score (nSPS) is 14.1. The standard InChI is InChI=1S/C20H20N4O4S/c25-17(4-6-24-13-21-18-16(20(24)27)5-11-29-18)22-15-3-1-2-14(12-15)19(26)23-7-9-28-10-8-23/h1-3,5,11-13H,4,6-10H2,(H,22,25). The number of nitrogens with one attached hydrogen (secondary N) is 1. The highest BCUT2D eigenvalue weighted by atomic mass is 32.1. The summed E-state index contributed by atoms with van der Waals surface area (Å²) in [5.41, 5.74) is 0.919. The van der Waals surface area contributed by atoms with Crippen molar-refractivity contribution in [3.8, 4) is 0 Å². The van der Waals surface area contributed by atoms with Crippen LogP contribution in [0.15, 0.2) is 46.8 Å². The molecule has 3 aromatic rings. The second-order valence-corrected chi connectivity index (χ2v) is 7.56. The molecule has 0 radical (unpaired) electrons. The van der Waals surface area contributed by atoms with E-state index in [-0.39, 0.29) is 30.3 Å². The van der Waals surface area contributed by atoms with E-state index in [0.717, 1.165) is 0 Å². The van der Waals surface area contributed by atoms with E-state index in [9.17, 15) is 14.4 Å². The minimum Gasteiger partial charge on any atom is -0.378 e. The molecule has 0 atom stereocenters. The summed E-state index contributed by atoms with van der Waals surface area (Å²) >= 11 is 1.41. The molecule has 1 aliphatic rings. The summed E-state index contributed by atoms with van der Waals surface area (Å²) in [5, 5.41) is 5.18. The van der Waals surface area contributed by atoms with E-state index in [1.54, 1.807) is 35.2 Å². The molecule has 9 heteroatoms. The highest BCUT2D eigenvalue weighted by Crippen LogP contribution is 2.15. The quantitative estimate of drug-likeness (QED) is 0.691. The lowest BCUT2D eigenvalue weighted by atomic mass is 10.1. The summed E-state index contributed by atoms with van der Waals surface area (Å²) in [7, 11) is 0. The lowest BCUT2D eigenvalue weighted by Gasteiger charge is -2.27. The van der Waals surface area contributed by atoms with Crippen molar-refractivity contribution in [1.82, 2.24) is 14.5 Å². The van der Waals surface area contributed by atoms with Crippen molar-refractivity contribution in [3.05, 3.63) is 58.0 Å². The Bertz CT molecular complexity index is 1100. The predicted molar refractivity (Wildman–Crippen MR) is 110 cm³/mol. The molecule has 29 heavy (non-hydrogen) atoms. The molecule has 0 saturated carbocycles. The summed E-state index contributed by atoms with van der Waals surface area (Å²) in [5.74, 6) is -0.315.